The van der Waals surface area contributed by atoms with Crippen LogP contribution >= 0.6 is 0 Å². The molecule has 350 valence electrons. The normalized spacial score (nSPS) is 26.9. The van der Waals surface area contributed by atoms with E-state index in [0.717, 1.165) is 42.5 Å². The fourth-order valence-electron chi connectivity index (χ4n) is 8.54. The lowest BCUT2D eigenvalue weighted by Gasteiger charge is -2.50. The van der Waals surface area contributed by atoms with Crippen LogP contribution in [-0.2, 0) is 39.4 Å². The van der Waals surface area contributed by atoms with Crippen molar-refractivity contribution in [3.63, 3.8) is 0 Å². The Kier molecular flexibility index (Phi) is 17.8. The molecule has 6 rings (SSSR count). The van der Waals surface area contributed by atoms with Crippen LogP contribution in [0.5, 0.6) is 0 Å². The maximum Gasteiger partial charge on any atom is 0.416 e. The van der Waals surface area contributed by atoms with Crippen LogP contribution in [0.15, 0.2) is 78.9 Å². The standard InChI is InChI=1S/C48H63F3N4O9/c1-5-7-8-9-10-11-12-16-25-39(56)55-40-37(6-2)59-28-36(54-46(57)52-35-24-18-22-33(27-35)48(49,50)51)43(40)63-45-42(64-47(58)53-34-23-17-19-30(3)26-34)31(4)41-38(61-45)29-60-44(62-41)32-20-14-13-15-21-32/h13-15,17-24,26-27,31,36-38,40-45H,5-12,16,25,28-29H2,1-4H3,(H,53,58)(H,55,56)(H2,52,54,57)/t31-,36?,37?,38?,40-,41+,42?,43+,44?,45+/m0/s1. The molecule has 3 aromatic carbocycles. The molecule has 5 unspecified atom stereocenters. The Labute approximate surface area is 373 Å². The summed E-state index contributed by atoms with van der Waals surface area (Å²) in [6.45, 7) is 7.88. The van der Waals surface area contributed by atoms with E-state index in [1.54, 1.807) is 12.1 Å². The van der Waals surface area contributed by atoms with Gasteiger partial charge in [-0.25, -0.2) is 9.59 Å². The number of amides is 4. The van der Waals surface area contributed by atoms with E-state index >= 15 is 0 Å². The van der Waals surface area contributed by atoms with Crippen molar-refractivity contribution < 1.29 is 56.0 Å². The quantitative estimate of drug-likeness (QED) is 0.0914. The van der Waals surface area contributed by atoms with Crippen molar-refractivity contribution in [2.45, 2.75) is 153 Å². The first-order valence-electron chi connectivity index (χ1n) is 22.7. The van der Waals surface area contributed by atoms with Gasteiger partial charge in [0.1, 0.15) is 12.2 Å². The van der Waals surface area contributed by atoms with Crippen molar-refractivity contribution in [1.29, 1.82) is 0 Å². The van der Waals surface area contributed by atoms with Crippen LogP contribution in [0.25, 0.3) is 0 Å². The number of hydrogen-bond acceptors (Lipinski definition) is 9. The number of carbonyl (C=O) groups is 3. The van der Waals surface area contributed by atoms with Crippen molar-refractivity contribution in [3.8, 4) is 0 Å². The molecule has 64 heavy (non-hydrogen) atoms. The third-order valence-corrected chi connectivity index (χ3v) is 11.9. The number of hydrogen-bond donors (Lipinski definition) is 4. The molecule has 0 aromatic heterocycles. The molecule has 0 aliphatic carbocycles. The molecule has 10 atom stereocenters. The predicted octanol–water partition coefficient (Wildman–Crippen LogP) is 9.81. The summed E-state index contributed by atoms with van der Waals surface area (Å²) < 4.78 is 79.2. The van der Waals surface area contributed by atoms with Gasteiger partial charge in [-0.3, -0.25) is 10.1 Å². The number of rotatable bonds is 18. The van der Waals surface area contributed by atoms with Gasteiger partial charge in [0.25, 0.3) is 0 Å². The van der Waals surface area contributed by atoms with E-state index in [-0.39, 0.29) is 31.2 Å². The Bertz CT molecular complexity index is 1960. The Hall–Kier alpha value is -4.74. The van der Waals surface area contributed by atoms with Crippen molar-refractivity contribution in [3.05, 3.63) is 95.6 Å². The number of ether oxygens (including phenoxy) is 6. The molecule has 3 aliphatic heterocycles. The van der Waals surface area contributed by atoms with Crippen LogP contribution in [0.4, 0.5) is 34.1 Å². The monoisotopic (exact) mass is 896 g/mol. The third kappa shape index (κ3) is 13.6. The molecular formula is C48H63F3N4O9. The van der Waals surface area contributed by atoms with E-state index < -0.39 is 85.0 Å². The number of alkyl halides is 3. The van der Waals surface area contributed by atoms with Crippen LogP contribution in [0.2, 0.25) is 0 Å². The number of nitrogens with one attached hydrogen (secondary N) is 4. The summed E-state index contributed by atoms with van der Waals surface area (Å²) in [6, 6.07) is 18.3. The zero-order chi connectivity index (χ0) is 45.6. The SMILES string of the molecule is CCCCCCCCCCC(=O)N[C@H]1C(CC)OCC(NC(=O)Nc2cccc(C(F)(F)F)c2)[C@H]1O[C@H]1OC2COC(c3ccccc3)O[C@@H]2[C@H](C)C1OC(=O)Nc1cccc(C)c1. The van der Waals surface area contributed by atoms with Crippen molar-refractivity contribution in [1.82, 2.24) is 10.6 Å². The van der Waals surface area contributed by atoms with Crippen LogP contribution in [0.1, 0.15) is 108 Å². The van der Waals surface area contributed by atoms with Gasteiger partial charge in [-0.2, -0.15) is 13.2 Å². The highest BCUT2D eigenvalue weighted by molar-refractivity contribution is 5.89. The van der Waals surface area contributed by atoms with E-state index in [0.29, 0.717) is 18.5 Å². The Morgan fingerprint density at radius 3 is 2.17 bits per heavy atom. The molecule has 4 amide bonds. The average molecular weight is 897 g/mol. The van der Waals surface area contributed by atoms with E-state index in [9.17, 15) is 27.6 Å². The maximum atomic E-state index is 13.7. The highest BCUT2D eigenvalue weighted by Gasteiger charge is 2.53. The Balaban J connectivity index is 1.25. The molecule has 0 saturated carbocycles. The number of aryl methyl sites for hydroxylation is 1. The summed E-state index contributed by atoms with van der Waals surface area (Å²) in [6.07, 6.45) is -2.18. The van der Waals surface area contributed by atoms with Crippen molar-refractivity contribution in [2.75, 3.05) is 23.8 Å². The van der Waals surface area contributed by atoms with Gasteiger partial charge in [-0.1, -0.05) is 114 Å². The molecule has 16 heteroatoms. The number of unbranched alkanes of at least 4 members (excludes halogenated alkanes) is 7. The molecule has 0 bridgehead atoms. The van der Waals surface area contributed by atoms with E-state index in [1.165, 1.54) is 37.8 Å². The third-order valence-electron chi connectivity index (χ3n) is 11.9. The molecule has 13 nitrogen and oxygen atoms in total. The molecule has 0 spiro atoms. The summed E-state index contributed by atoms with van der Waals surface area (Å²) in [5.74, 6) is -0.764. The second-order valence-corrected chi connectivity index (χ2v) is 16.9. The zero-order valence-electron chi connectivity index (χ0n) is 37.1. The number of anilines is 2. The van der Waals surface area contributed by atoms with Gasteiger partial charge in [0.15, 0.2) is 18.7 Å². The van der Waals surface area contributed by atoms with Gasteiger partial charge < -0.3 is 44.4 Å². The predicted molar refractivity (Wildman–Crippen MR) is 234 cm³/mol. The first-order valence-corrected chi connectivity index (χ1v) is 22.7. The van der Waals surface area contributed by atoms with Gasteiger partial charge in [0, 0.05) is 29.3 Å². The largest absolute Gasteiger partial charge is 0.440 e. The van der Waals surface area contributed by atoms with Gasteiger partial charge in [0.05, 0.1) is 43.1 Å². The first kappa shape index (κ1) is 48.7. The molecule has 3 saturated heterocycles. The lowest BCUT2D eigenvalue weighted by atomic mass is 9.89. The number of urea groups is 1. The Morgan fingerprint density at radius 1 is 0.766 bits per heavy atom. The fraction of sp³-hybridized carbons (Fsp3) is 0.562. The number of carbonyl (C=O) groups excluding carboxylic acids is 3. The van der Waals surface area contributed by atoms with Crippen molar-refractivity contribution >= 4 is 29.4 Å². The highest BCUT2D eigenvalue weighted by Crippen LogP contribution is 2.40. The Morgan fingerprint density at radius 2 is 1.47 bits per heavy atom. The van der Waals surface area contributed by atoms with E-state index in [1.807, 2.05) is 63.2 Å². The van der Waals surface area contributed by atoms with Crippen LogP contribution in [-0.4, -0.2) is 80.1 Å². The molecular weight excluding hydrogens is 834 g/mol. The zero-order valence-corrected chi connectivity index (χ0v) is 37.1. The van der Waals surface area contributed by atoms with Gasteiger partial charge in [0.2, 0.25) is 5.91 Å². The lowest BCUT2D eigenvalue weighted by Crippen LogP contribution is -2.68. The van der Waals surface area contributed by atoms with Gasteiger partial charge >= 0.3 is 18.3 Å². The molecule has 4 N–H and O–H groups in total. The minimum absolute atomic E-state index is 0.0811. The second-order valence-electron chi connectivity index (χ2n) is 16.9. The molecule has 3 aromatic rings. The van der Waals surface area contributed by atoms with Crippen LogP contribution in [0.3, 0.4) is 0 Å². The number of fused-ring (bicyclic) bond motifs is 1. The summed E-state index contributed by atoms with van der Waals surface area (Å²) >= 11 is 0. The second kappa shape index (κ2) is 23.4. The lowest BCUT2D eigenvalue weighted by molar-refractivity contribution is -0.360. The van der Waals surface area contributed by atoms with Crippen LogP contribution < -0.4 is 21.3 Å². The number of benzene rings is 3. The van der Waals surface area contributed by atoms with E-state index in [2.05, 4.69) is 28.2 Å². The molecule has 0 radical (unpaired) electrons. The van der Waals surface area contributed by atoms with Gasteiger partial charge in [-0.15, -0.1) is 0 Å². The number of halogens is 3. The summed E-state index contributed by atoms with van der Waals surface area (Å²) in [7, 11) is 0. The fourth-order valence-corrected chi connectivity index (χ4v) is 8.54. The minimum Gasteiger partial charge on any atom is -0.440 e. The highest BCUT2D eigenvalue weighted by atomic mass is 19.4. The molecule has 3 fully saturated rings. The summed E-state index contributed by atoms with van der Waals surface area (Å²) in [5, 5.41) is 11.2. The summed E-state index contributed by atoms with van der Waals surface area (Å²) in [4.78, 5) is 41.0. The molecule has 3 heterocycles. The first-order chi connectivity index (χ1) is 30.8. The van der Waals surface area contributed by atoms with Gasteiger partial charge in [-0.05, 0) is 55.7 Å². The van der Waals surface area contributed by atoms with E-state index in [4.69, 9.17) is 28.4 Å². The van der Waals surface area contributed by atoms with Crippen LogP contribution in [0, 0.1) is 12.8 Å². The smallest absolute Gasteiger partial charge is 0.416 e. The minimum atomic E-state index is -4.62. The molecule has 3 aliphatic rings. The topological polar surface area (TPSA) is 155 Å². The van der Waals surface area contributed by atoms with Crippen molar-refractivity contribution in [2.24, 2.45) is 5.92 Å². The summed E-state index contributed by atoms with van der Waals surface area (Å²) in [5.41, 5.74) is 1.23. The average Bonchev–Trinajstić information content (AvgIpc) is 3.27. The maximum absolute atomic E-state index is 13.7.